The lowest BCUT2D eigenvalue weighted by molar-refractivity contribution is -0.137. The smallest absolute Gasteiger partial charge is 0.416 e. The van der Waals surface area contributed by atoms with Crippen LogP contribution < -0.4 is 20.7 Å². The molecule has 0 aliphatic carbocycles. The van der Waals surface area contributed by atoms with Crippen LogP contribution in [0.3, 0.4) is 0 Å². The lowest BCUT2D eigenvalue weighted by Gasteiger charge is -2.26. The molecule has 0 spiro atoms. The summed E-state index contributed by atoms with van der Waals surface area (Å²) < 4.78 is 50.5. The van der Waals surface area contributed by atoms with Gasteiger partial charge in [-0.2, -0.15) is 13.2 Å². The van der Waals surface area contributed by atoms with E-state index in [1.54, 1.807) is 24.3 Å². The van der Waals surface area contributed by atoms with E-state index in [4.69, 9.17) is 9.47 Å². The number of alkyl halides is 3. The van der Waals surface area contributed by atoms with Crippen LogP contribution in [0.5, 0.6) is 5.75 Å². The Morgan fingerprint density at radius 2 is 1.70 bits per heavy atom. The zero-order chi connectivity index (χ0) is 30.2. The molecule has 5 rings (SSSR count). The van der Waals surface area contributed by atoms with E-state index in [0.717, 1.165) is 62.0 Å². The molecule has 1 saturated heterocycles. The summed E-state index contributed by atoms with van der Waals surface area (Å²) in [7, 11) is 0. The Labute approximate surface area is 247 Å². The van der Waals surface area contributed by atoms with Crippen molar-refractivity contribution in [2.75, 3.05) is 55.4 Å². The van der Waals surface area contributed by atoms with E-state index in [1.165, 1.54) is 18.5 Å². The Kier molecular flexibility index (Phi) is 9.38. The summed E-state index contributed by atoms with van der Waals surface area (Å²) >= 11 is 0. The molecule has 0 saturated carbocycles. The van der Waals surface area contributed by atoms with Crippen LogP contribution >= 0.6 is 0 Å². The average molecular weight is 593 g/mol. The number of hydrogen-bond donors (Lipinski definition) is 3. The van der Waals surface area contributed by atoms with Gasteiger partial charge in [-0.3, -0.25) is 9.69 Å². The van der Waals surface area contributed by atoms with Crippen molar-refractivity contribution < 1.29 is 27.4 Å². The SMILES string of the molecule is Cc1ccc(NC(=O)c2cccc(C(F)(F)F)c2)cc1Nc1cc(Nc2cccc(OCCN3CCOCC3)c2)ncn1. The number of carbonyl (C=O) groups excluding carboxylic acids is 1. The van der Waals surface area contributed by atoms with Gasteiger partial charge in [-0.15, -0.1) is 0 Å². The first-order valence-corrected chi connectivity index (χ1v) is 13.7. The van der Waals surface area contributed by atoms with Gasteiger partial charge in [0.25, 0.3) is 5.91 Å². The van der Waals surface area contributed by atoms with Gasteiger partial charge in [0.15, 0.2) is 0 Å². The average Bonchev–Trinajstić information content (AvgIpc) is 2.99. The minimum Gasteiger partial charge on any atom is -0.492 e. The van der Waals surface area contributed by atoms with E-state index in [-0.39, 0.29) is 5.56 Å². The number of rotatable bonds is 10. The second-order valence-corrected chi connectivity index (χ2v) is 9.93. The molecule has 1 aliphatic rings. The molecule has 224 valence electrons. The molecule has 0 radical (unpaired) electrons. The van der Waals surface area contributed by atoms with E-state index in [0.29, 0.717) is 29.6 Å². The first-order valence-electron chi connectivity index (χ1n) is 13.7. The summed E-state index contributed by atoms with van der Waals surface area (Å²) in [5, 5.41) is 9.14. The minimum atomic E-state index is -4.54. The van der Waals surface area contributed by atoms with E-state index >= 15 is 0 Å². The molecular weight excluding hydrogens is 561 g/mol. The number of aryl methyl sites for hydroxylation is 1. The Bertz CT molecular complexity index is 1560. The highest BCUT2D eigenvalue weighted by atomic mass is 19.4. The predicted molar refractivity (Wildman–Crippen MR) is 158 cm³/mol. The molecule has 43 heavy (non-hydrogen) atoms. The van der Waals surface area contributed by atoms with Crippen LogP contribution in [-0.2, 0) is 10.9 Å². The summed E-state index contributed by atoms with van der Waals surface area (Å²) in [6.45, 7) is 6.60. The highest BCUT2D eigenvalue weighted by Crippen LogP contribution is 2.30. The third kappa shape index (κ3) is 8.43. The van der Waals surface area contributed by atoms with Crippen LogP contribution in [0.25, 0.3) is 0 Å². The molecule has 0 bridgehead atoms. The van der Waals surface area contributed by atoms with Gasteiger partial charge < -0.3 is 25.4 Å². The number of anilines is 5. The largest absolute Gasteiger partial charge is 0.492 e. The van der Waals surface area contributed by atoms with Crippen molar-refractivity contribution in [2.45, 2.75) is 13.1 Å². The van der Waals surface area contributed by atoms with Crippen LogP contribution in [0.15, 0.2) is 79.1 Å². The van der Waals surface area contributed by atoms with Gasteiger partial charge >= 0.3 is 6.18 Å². The first kappa shape index (κ1) is 29.8. The molecule has 1 fully saturated rings. The lowest BCUT2D eigenvalue weighted by Crippen LogP contribution is -2.38. The standard InChI is InChI=1S/C31H31F3N6O3/c1-21-8-9-25(38-30(41)22-4-2-5-23(16-22)31(32,33)34)18-27(21)39-29-19-28(35-20-36-29)37-24-6-3-7-26(17-24)43-15-12-40-10-13-42-14-11-40/h2-9,16-20H,10-15H2,1H3,(H,38,41)(H2,35,36,37,39). The third-order valence-electron chi connectivity index (χ3n) is 6.76. The zero-order valence-electron chi connectivity index (χ0n) is 23.4. The van der Waals surface area contributed by atoms with E-state index < -0.39 is 17.6 Å². The molecular formula is C31H31F3N6O3. The molecule has 1 aromatic heterocycles. The normalized spacial score (nSPS) is 13.8. The summed E-state index contributed by atoms with van der Waals surface area (Å²) in [6.07, 6.45) is -3.12. The number of hydrogen-bond acceptors (Lipinski definition) is 8. The van der Waals surface area contributed by atoms with Gasteiger partial charge in [0.05, 0.1) is 18.8 Å². The number of nitrogens with one attached hydrogen (secondary N) is 3. The number of carbonyl (C=O) groups is 1. The quantitative estimate of drug-likeness (QED) is 0.199. The van der Waals surface area contributed by atoms with Crippen molar-refractivity contribution in [1.29, 1.82) is 0 Å². The third-order valence-corrected chi connectivity index (χ3v) is 6.76. The Balaban J connectivity index is 1.21. The van der Waals surface area contributed by atoms with Crippen LogP contribution in [-0.4, -0.2) is 60.2 Å². The van der Waals surface area contributed by atoms with Gasteiger partial charge in [0, 0.05) is 54.4 Å². The van der Waals surface area contributed by atoms with Crippen molar-refractivity contribution in [2.24, 2.45) is 0 Å². The monoisotopic (exact) mass is 592 g/mol. The van der Waals surface area contributed by atoms with Crippen molar-refractivity contribution in [3.05, 3.63) is 95.8 Å². The second kappa shape index (κ2) is 13.5. The first-order chi connectivity index (χ1) is 20.7. The Morgan fingerprint density at radius 1 is 0.930 bits per heavy atom. The lowest BCUT2D eigenvalue weighted by atomic mass is 10.1. The molecule has 0 unspecified atom stereocenters. The molecule has 9 nitrogen and oxygen atoms in total. The molecule has 1 amide bonds. The number of benzene rings is 3. The fourth-order valence-electron chi connectivity index (χ4n) is 4.44. The summed E-state index contributed by atoms with van der Waals surface area (Å²) in [5.41, 5.74) is 1.75. The number of aromatic nitrogens is 2. The van der Waals surface area contributed by atoms with Crippen molar-refractivity contribution >= 4 is 34.6 Å². The van der Waals surface area contributed by atoms with Gasteiger partial charge in [0.1, 0.15) is 30.3 Å². The Morgan fingerprint density at radius 3 is 2.49 bits per heavy atom. The Hall–Kier alpha value is -4.68. The summed E-state index contributed by atoms with van der Waals surface area (Å²) in [5.74, 6) is 1.14. The minimum absolute atomic E-state index is 0.0944. The molecule has 12 heteroatoms. The molecule has 2 heterocycles. The molecule has 0 atom stereocenters. The van der Waals surface area contributed by atoms with Gasteiger partial charge in [-0.25, -0.2) is 9.97 Å². The summed E-state index contributed by atoms with van der Waals surface area (Å²) in [4.78, 5) is 23.6. The van der Waals surface area contributed by atoms with Crippen molar-refractivity contribution in [3.63, 3.8) is 0 Å². The van der Waals surface area contributed by atoms with Crippen molar-refractivity contribution in [3.8, 4) is 5.75 Å². The highest BCUT2D eigenvalue weighted by molar-refractivity contribution is 6.04. The molecule has 4 aromatic rings. The number of amides is 1. The highest BCUT2D eigenvalue weighted by Gasteiger charge is 2.31. The van der Waals surface area contributed by atoms with Gasteiger partial charge in [-0.05, 0) is 55.0 Å². The van der Waals surface area contributed by atoms with Gasteiger partial charge in [0.2, 0.25) is 0 Å². The predicted octanol–water partition coefficient (Wildman–Crippen LogP) is 6.25. The number of nitrogens with zero attached hydrogens (tertiary/aromatic N) is 3. The van der Waals surface area contributed by atoms with Gasteiger partial charge in [-0.1, -0.05) is 18.2 Å². The molecule has 1 aliphatic heterocycles. The number of morpholine rings is 1. The van der Waals surface area contributed by atoms with Crippen LogP contribution in [0.4, 0.5) is 41.9 Å². The van der Waals surface area contributed by atoms with Crippen LogP contribution in [0, 0.1) is 6.92 Å². The number of halogens is 3. The fraction of sp³-hybridized carbons (Fsp3) is 0.258. The maximum absolute atomic E-state index is 13.1. The molecule has 3 aromatic carbocycles. The molecule has 3 N–H and O–H groups in total. The maximum atomic E-state index is 13.1. The number of ether oxygens (including phenoxy) is 2. The summed E-state index contributed by atoms with van der Waals surface area (Å²) in [6, 6.07) is 18.8. The van der Waals surface area contributed by atoms with Crippen LogP contribution in [0.1, 0.15) is 21.5 Å². The second-order valence-electron chi connectivity index (χ2n) is 9.93. The fourth-order valence-corrected chi connectivity index (χ4v) is 4.44. The van der Waals surface area contributed by atoms with E-state index in [2.05, 4.69) is 30.8 Å². The van der Waals surface area contributed by atoms with E-state index in [9.17, 15) is 18.0 Å². The maximum Gasteiger partial charge on any atom is 0.416 e. The van der Waals surface area contributed by atoms with Crippen molar-refractivity contribution in [1.82, 2.24) is 14.9 Å². The van der Waals surface area contributed by atoms with Crippen LogP contribution in [0.2, 0.25) is 0 Å². The topological polar surface area (TPSA) is 101 Å². The zero-order valence-corrected chi connectivity index (χ0v) is 23.4. The van der Waals surface area contributed by atoms with E-state index in [1.807, 2.05) is 31.2 Å².